The van der Waals surface area contributed by atoms with Crippen molar-refractivity contribution in [3.05, 3.63) is 35.0 Å². The standard InChI is InChI=1S/C14H16ClNO/c1-4-10-7-13(15)12-8-11(17-9(2)3)5-6-14(12)16-10/h5-9H,4H2,1-3H3. The highest BCUT2D eigenvalue weighted by atomic mass is 35.5. The molecule has 3 heteroatoms. The number of fused-ring (bicyclic) bond motifs is 1. The molecule has 0 saturated heterocycles. The molecule has 2 aromatic rings. The fraction of sp³-hybridized carbons (Fsp3) is 0.357. The van der Waals surface area contributed by atoms with Gasteiger partial charge >= 0.3 is 0 Å². The lowest BCUT2D eigenvalue weighted by molar-refractivity contribution is 0.243. The van der Waals surface area contributed by atoms with Crippen LogP contribution in [0.3, 0.4) is 0 Å². The van der Waals surface area contributed by atoms with Crippen LogP contribution in [0.1, 0.15) is 26.5 Å². The van der Waals surface area contributed by atoms with E-state index in [-0.39, 0.29) is 6.10 Å². The SMILES string of the molecule is CCc1cc(Cl)c2cc(OC(C)C)ccc2n1. The van der Waals surface area contributed by atoms with Gasteiger partial charge in [0.15, 0.2) is 0 Å². The number of halogens is 1. The molecule has 0 aliphatic heterocycles. The maximum Gasteiger partial charge on any atom is 0.120 e. The molecule has 0 bridgehead atoms. The van der Waals surface area contributed by atoms with Crippen LogP contribution in [0.2, 0.25) is 5.02 Å². The summed E-state index contributed by atoms with van der Waals surface area (Å²) >= 11 is 6.25. The highest BCUT2D eigenvalue weighted by Crippen LogP contribution is 2.27. The predicted octanol–water partition coefficient (Wildman–Crippen LogP) is 4.24. The summed E-state index contributed by atoms with van der Waals surface area (Å²) in [5.74, 6) is 0.834. The van der Waals surface area contributed by atoms with Gasteiger partial charge in [0.05, 0.1) is 16.6 Å². The minimum atomic E-state index is 0.161. The summed E-state index contributed by atoms with van der Waals surface area (Å²) in [5, 5.41) is 1.68. The molecule has 0 spiro atoms. The molecule has 1 aromatic heterocycles. The van der Waals surface area contributed by atoms with Gasteiger partial charge in [-0.3, -0.25) is 4.98 Å². The third-order valence-electron chi connectivity index (χ3n) is 2.52. The number of aromatic nitrogens is 1. The first-order valence-electron chi connectivity index (χ1n) is 5.86. The van der Waals surface area contributed by atoms with Gasteiger partial charge in [-0.15, -0.1) is 0 Å². The van der Waals surface area contributed by atoms with Crippen molar-refractivity contribution in [2.24, 2.45) is 0 Å². The number of rotatable bonds is 3. The lowest BCUT2D eigenvalue weighted by Crippen LogP contribution is -2.05. The average molecular weight is 250 g/mol. The van der Waals surface area contributed by atoms with Crippen molar-refractivity contribution in [3.63, 3.8) is 0 Å². The third kappa shape index (κ3) is 2.70. The molecule has 0 unspecified atom stereocenters. The summed E-state index contributed by atoms with van der Waals surface area (Å²) in [7, 11) is 0. The molecule has 1 heterocycles. The Kier molecular flexibility index (Phi) is 3.53. The largest absolute Gasteiger partial charge is 0.491 e. The van der Waals surface area contributed by atoms with Crippen molar-refractivity contribution in [2.45, 2.75) is 33.3 Å². The van der Waals surface area contributed by atoms with Gasteiger partial charge in [-0.2, -0.15) is 0 Å². The van der Waals surface area contributed by atoms with Crippen molar-refractivity contribution in [3.8, 4) is 5.75 Å². The van der Waals surface area contributed by atoms with Crippen LogP contribution in [-0.2, 0) is 6.42 Å². The molecule has 0 fully saturated rings. The molecule has 2 nitrogen and oxygen atoms in total. The first-order chi connectivity index (χ1) is 8.10. The van der Waals surface area contributed by atoms with E-state index < -0.39 is 0 Å². The molecular formula is C14H16ClNO. The quantitative estimate of drug-likeness (QED) is 0.812. The van der Waals surface area contributed by atoms with Crippen LogP contribution in [0, 0.1) is 0 Å². The van der Waals surface area contributed by atoms with Crippen molar-refractivity contribution < 1.29 is 4.74 Å². The van der Waals surface area contributed by atoms with Crippen LogP contribution in [0.5, 0.6) is 5.75 Å². The highest BCUT2D eigenvalue weighted by molar-refractivity contribution is 6.35. The minimum absolute atomic E-state index is 0.161. The maximum absolute atomic E-state index is 6.25. The van der Waals surface area contributed by atoms with Crippen molar-refractivity contribution in [1.82, 2.24) is 4.98 Å². The number of hydrogen-bond donors (Lipinski definition) is 0. The number of nitrogens with zero attached hydrogens (tertiary/aromatic N) is 1. The second kappa shape index (κ2) is 4.92. The molecule has 0 amide bonds. The van der Waals surface area contributed by atoms with Gasteiger partial charge in [-0.1, -0.05) is 18.5 Å². The van der Waals surface area contributed by atoms with Gasteiger partial charge in [-0.05, 0) is 44.5 Å². The number of ether oxygens (including phenoxy) is 1. The number of aryl methyl sites for hydroxylation is 1. The molecule has 0 aliphatic rings. The molecule has 1 aromatic carbocycles. The van der Waals surface area contributed by atoms with Crippen LogP contribution in [0.25, 0.3) is 10.9 Å². The summed E-state index contributed by atoms with van der Waals surface area (Å²) in [5.41, 5.74) is 1.94. The molecule has 0 saturated carbocycles. The zero-order valence-electron chi connectivity index (χ0n) is 10.3. The van der Waals surface area contributed by atoms with Gasteiger partial charge in [0, 0.05) is 11.1 Å². The van der Waals surface area contributed by atoms with E-state index in [0.29, 0.717) is 0 Å². The molecule has 0 aliphatic carbocycles. The van der Waals surface area contributed by atoms with Crippen molar-refractivity contribution in [2.75, 3.05) is 0 Å². The minimum Gasteiger partial charge on any atom is -0.491 e. The smallest absolute Gasteiger partial charge is 0.120 e. The average Bonchev–Trinajstić information content (AvgIpc) is 2.29. The molecule has 2 rings (SSSR count). The molecule has 0 N–H and O–H groups in total. The van der Waals surface area contributed by atoms with E-state index in [9.17, 15) is 0 Å². The van der Waals surface area contributed by atoms with E-state index in [1.165, 1.54) is 0 Å². The highest BCUT2D eigenvalue weighted by Gasteiger charge is 2.06. The summed E-state index contributed by atoms with van der Waals surface area (Å²) in [6.45, 7) is 6.08. The van der Waals surface area contributed by atoms with E-state index >= 15 is 0 Å². The Labute approximate surface area is 107 Å². The van der Waals surface area contributed by atoms with Crippen molar-refractivity contribution >= 4 is 22.5 Å². The van der Waals surface area contributed by atoms with Crippen LogP contribution in [0.4, 0.5) is 0 Å². The fourth-order valence-corrected chi connectivity index (χ4v) is 2.02. The molecule has 0 atom stereocenters. The second-order valence-electron chi connectivity index (χ2n) is 4.29. The summed E-state index contributed by atoms with van der Waals surface area (Å²) in [4.78, 5) is 4.53. The lowest BCUT2D eigenvalue weighted by atomic mass is 10.1. The Morgan fingerprint density at radius 3 is 2.71 bits per heavy atom. The van der Waals surface area contributed by atoms with Crippen LogP contribution in [0.15, 0.2) is 24.3 Å². The normalized spacial score (nSPS) is 11.1. The Hall–Kier alpha value is -1.28. The number of benzene rings is 1. The van der Waals surface area contributed by atoms with Crippen LogP contribution >= 0.6 is 11.6 Å². The Balaban J connectivity index is 2.50. The topological polar surface area (TPSA) is 22.1 Å². The monoisotopic (exact) mass is 249 g/mol. The predicted molar refractivity (Wildman–Crippen MR) is 71.9 cm³/mol. The van der Waals surface area contributed by atoms with E-state index in [0.717, 1.165) is 33.8 Å². The summed E-state index contributed by atoms with van der Waals surface area (Å²) in [6.07, 6.45) is 1.05. The molecular weight excluding hydrogens is 234 g/mol. The van der Waals surface area contributed by atoms with Gasteiger partial charge in [-0.25, -0.2) is 0 Å². The van der Waals surface area contributed by atoms with E-state index in [1.54, 1.807) is 0 Å². The van der Waals surface area contributed by atoms with Crippen molar-refractivity contribution in [1.29, 1.82) is 0 Å². The van der Waals surface area contributed by atoms with Gasteiger partial charge in [0.2, 0.25) is 0 Å². The van der Waals surface area contributed by atoms with Gasteiger partial charge in [0.25, 0.3) is 0 Å². The zero-order chi connectivity index (χ0) is 12.4. The van der Waals surface area contributed by atoms with Gasteiger partial charge in [0.1, 0.15) is 5.75 Å². The van der Waals surface area contributed by atoms with Crippen LogP contribution in [-0.4, -0.2) is 11.1 Å². The lowest BCUT2D eigenvalue weighted by Gasteiger charge is -2.11. The van der Waals surface area contributed by atoms with Gasteiger partial charge < -0.3 is 4.74 Å². The Bertz CT molecular complexity index is 537. The molecule has 0 radical (unpaired) electrons. The second-order valence-corrected chi connectivity index (χ2v) is 4.70. The van der Waals surface area contributed by atoms with Crippen LogP contribution < -0.4 is 4.74 Å². The van der Waals surface area contributed by atoms with E-state index in [4.69, 9.17) is 16.3 Å². The number of pyridine rings is 1. The fourth-order valence-electron chi connectivity index (χ4n) is 1.74. The number of hydrogen-bond acceptors (Lipinski definition) is 2. The molecule has 90 valence electrons. The Morgan fingerprint density at radius 1 is 1.29 bits per heavy atom. The van der Waals surface area contributed by atoms with E-state index in [1.807, 2.05) is 38.1 Å². The molecule has 17 heavy (non-hydrogen) atoms. The first kappa shape index (κ1) is 12.2. The summed E-state index contributed by atoms with van der Waals surface area (Å²) in [6, 6.07) is 7.76. The third-order valence-corrected chi connectivity index (χ3v) is 2.83. The van der Waals surface area contributed by atoms with E-state index in [2.05, 4.69) is 11.9 Å². The Morgan fingerprint density at radius 2 is 2.06 bits per heavy atom. The first-order valence-corrected chi connectivity index (χ1v) is 6.23. The zero-order valence-corrected chi connectivity index (χ0v) is 11.1. The summed E-state index contributed by atoms with van der Waals surface area (Å²) < 4.78 is 5.65. The maximum atomic E-state index is 6.25.